The van der Waals surface area contributed by atoms with Crippen LogP contribution in [0.25, 0.3) is 0 Å². The van der Waals surface area contributed by atoms with Crippen LogP contribution in [-0.2, 0) is 14.3 Å². The van der Waals surface area contributed by atoms with Gasteiger partial charge in [-0.2, -0.15) is 0 Å². The molecule has 0 bridgehead atoms. The summed E-state index contributed by atoms with van der Waals surface area (Å²) in [6.45, 7) is 6.72. The lowest BCUT2D eigenvalue weighted by atomic mass is 9.91. The third kappa shape index (κ3) is 3.39. The molecule has 2 unspecified atom stereocenters. The summed E-state index contributed by atoms with van der Waals surface area (Å²) < 4.78 is 5.86. The zero-order chi connectivity index (χ0) is 15.5. The van der Waals surface area contributed by atoms with Crippen molar-refractivity contribution in [3.05, 3.63) is 0 Å². The van der Waals surface area contributed by atoms with E-state index in [-0.39, 0.29) is 17.9 Å². The van der Waals surface area contributed by atoms with Gasteiger partial charge in [-0.15, -0.1) is 0 Å². The molecule has 1 saturated heterocycles. The highest BCUT2D eigenvalue weighted by Crippen LogP contribution is 2.24. The van der Waals surface area contributed by atoms with E-state index in [9.17, 15) is 9.59 Å². The van der Waals surface area contributed by atoms with Crippen molar-refractivity contribution in [3.63, 3.8) is 0 Å². The van der Waals surface area contributed by atoms with Crippen molar-refractivity contribution in [2.45, 2.75) is 77.0 Å². The Labute approximate surface area is 127 Å². The second-order valence-electron chi connectivity index (χ2n) is 6.37. The Hall–Kier alpha value is -1.10. The van der Waals surface area contributed by atoms with Gasteiger partial charge in [0.1, 0.15) is 11.6 Å². The lowest BCUT2D eigenvalue weighted by Crippen LogP contribution is -2.69. The van der Waals surface area contributed by atoms with Crippen LogP contribution in [0.2, 0.25) is 0 Å². The van der Waals surface area contributed by atoms with Gasteiger partial charge in [-0.1, -0.05) is 26.7 Å². The SMILES string of the molecule is CCC1C(=O)NC(C)(CC)C(=O)N1CCOC1CCCC1. The summed E-state index contributed by atoms with van der Waals surface area (Å²) in [7, 11) is 0. The van der Waals surface area contributed by atoms with Crippen LogP contribution < -0.4 is 5.32 Å². The molecule has 0 radical (unpaired) electrons. The maximum atomic E-state index is 12.7. The van der Waals surface area contributed by atoms with Crippen molar-refractivity contribution in [3.8, 4) is 0 Å². The van der Waals surface area contributed by atoms with Crippen LogP contribution in [0, 0.1) is 0 Å². The van der Waals surface area contributed by atoms with Gasteiger partial charge in [0.25, 0.3) is 0 Å². The number of hydrogen-bond donors (Lipinski definition) is 1. The minimum atomic E-state index is -0.768. The first-order valence-electron chi connectivity index (χ1n) is 8.26. The number of amides is 2. The van der Waals surface area contributed by atoms with Crippen LogP contribution in [0.5, 0.6) is 0 Å². The summed E-state index contributed by atoms with van der Waals surface area (Å²) >= 11 is 0. The van der Waals surface area contributed by atoms with E-state index in [1.165, 1.54) is 12.8 Å². The summed E-state index contributed by atoms with van der Waals surface area (Å²) in [6, 6.07) is -0.357. The Morgan fingerprint density at radius 3 is 2.52 bits per heavy atom. The minimum absolute atomic E-state index is 0.0199. The van der Waals surface area contributed by atoms with E-state index in [4.69, 9.17) is 4.74 Å². The number of rotatable bonds is 6. The maximum absolute atomic E-state index is 12.7. The molecular weight excluding hydrogens is 268 g/mol. The predicted octanol–water partition coefficient (Wildman–Crippen LogP) is 1.85. The second-order valence-corrected chi connectivity index (χ2v) is 6.37. The molecule has 5 heteroatoms. The van der Waals surface area contributed by atoms with Crippen LogP contribution in [-0.4, -0.2) is 47.6 Å². The highest BCUT2D eigenvalue weighted by atomic mass is 16.5. The third-order valence-electron chi connectivity index (χ3n) is 4.89. The average Bonchev–Trinajstić information content (AvgIpc) is 2.97. The summed E-state index contributed by atoms with van der Waals surface area (Å²) in [6.07, 6.45) is 6.31. The average molecular weight is 296 g/mol. The van der Waals surface area contributed by atoms with Gasteiger partial charge >= 0.3 is 0 Å². The molecule has 2 aliphatic rings. The van der Waals surface area contributed by atoms with E-state index in [0.717, 1.165) is 12.8 Å². The van der Waals surface area contributed by atoms with E-state index in [2.05, 4.69) is 5.32 Å². The molecule has 21 heavy (non-hydrogen) atoms. The van der Waals surface area contributed by atoms with Crippen molar-refractivity contribution in [2.75, 3.05) is 13.2 Å². The molecule has 5 nitrogen and oxygen atoms in total. The summed E-state index contributed by atoms with van der Waals surface area (Å²) in [5.74, 6) is -0.0196. The van der Waals surface area contributed by atoms with Gasteiger partial charge < -0.3 is 15.0 Å². The quantitative estimate of drug-likeness (QED) is 0.814. The van der Waals surface area contributed by atoms with Crippen LogP contribution >= 0.6 is 0 Å². The number of carbonyl (C=O) groups excluding carboxylic acids is 2. The highest BCUT2D eigenvalue weighted by Gasteiger charge is 2.46. The van der Waals surface area contributed by atoms with Crippen LogP contribution in [0.4, 0.5) is 0 Å². The molecule has 2 rings (SSSR count). The second kappa shape index (κ2) is 6.77. The van der Waals surface area contributed by atoms with Gasteiger partial charge in [0, 0.05) is 6.54 Å². The fourth-order valence-electron chi connectivity index (χ4n) is 3.28. The first kappa shape index (κ1) is 16.3. The molecule has 0 aromatic carbocycles. The Balaban J connectivity index is 1.98. The zero-order valence-corrected chi connectivity index (χ0v) is 13.5. The molecular formula is C16H28N2O3. The van der Waals surface area contributed by atoms with Crippen molar-refractivity contribution < 1.29 is 14.3 Å². The van der Waals surface area contributed by atoms with Crippen molar-refractivity contribution in [1.82, 2.24) is 10.2 Å². The fraction of sp³-hybridized carbons (Fsp3) is 0.875. The van der Waals surface area contributed by atoms with E-state index < -0.39 is 5.54 Å². The largest absolute Gasteiger partial charge is 0.376 e. The smallest absolute Gasteiger partial charge is 0.248 e. The number of carbonyl (C=O) groups is 2. The Kier molecular flexibility index (Phi) is 5.25. The van der Waals surface area contributed by atoms with Crippen LogP contribution in [0.15, 0.2) is 0 Å². The van der Waals surface area contributed by atoms with E-state index in [1.807, 2.05) is 20.8 Å². The Bertz CT molecular complexity index is 393. The number of ether oxygens (including phenoxy) is 1. The molecule has 2 atom stereocenters. The van der Waals surface area contributed by atoms with Gasteiger partial charge in [0.15, 0.2) is 0 Å². The molecule has 2 amide bonds. The zero-order valence-electron chi connectivity index (χ0n) is 13.5. The van der Waals surface area contributed by atoms with Gasteiger partial charge in [-0.3, -0.25) is 9.59 Å². The number of nitrogens with zero attached hydrogens (tertiary/aromatic N) is 1. The van der Waals surface area contributed by atoms with Gasteiger partial charge in [-0.25, -0.2) is 0 Å². The van der Waals surface area contributed by atoms with Crippen molar-refractivity contribution in [2.24, 2.45) is 0 Å². The number of nitrogens with one attached hydrogen (secondary N) is 1. The monoisotopic (exact) mass is 296 g/mol. The molecule has 1 N–H and O–H groups in total. The van der Waals surface area contributed by atoms with Gasteiger partial charge in [0.2, 0.25) is 11.8 Å². The molecule has 1 heterocycles. The Morgan fingerprint density at radius 2 is 1.95 bits per heavy atom. The van der Waals surface area contributed by atoms with Gasteiger partial charge in [0.05, 0.1) is 12.7 Å². The van der Waals surface area contributed by atoms with Crippen LogP contribution in [0.1, 0.15) is 59.3 Å². The highest BCUT2D eigenvalue weighted by molar-refractivity contribution is 5.99. The van der Waals surface area contributed by atoms with E-state index >= 15 is 0 Å². The number of piperazine rings is 1. The number of hydrogen-bond acceptors (Lipinski definition) is 3. The van der Waals surface area contributed by atoms with Crippen molar-refractivity contribution in [1.29, 1.82) is 0 Å². The molecule has 0 aromatic heterocycles. The Morgan fingerprint density at radius 1 is 1.29 bits per heavy atom. The van der Waals surface area contributed by atoms with E-state index in [0.29, 0.717) is 32.1 Å². The summed E-state index contributed by atoms with van der Waals surface area (Å²) in [5, 5.41) is 2.88. The third-order valence-corrected chi connectivity index (χ3v) is 4.89. The molecule has 1 aliphatic carbocycles. The molecule has 120 valence electrons. The van der Waals surface area contributed by atoms with Gasteiger partial charge in [-0.05, 0) is 32.6 Å². The predicted molar refractivity (Wildman–Crippen MR) is 80.8 cm³/mol. The van der Waals surface area contributed by atoms with Crippen molar-refractivity contribution >= 4 is 11.8 Å². The van der Waals surface area contributed by atoms with E-state index in [1.54, 1.807) is 4.90 Å². The molecule has 1 saturated carbocycles. The first-order chi connectivity index (χ1) is 10.0. The van der Waals surface area contributed by atoms with Crippen LogP contribution in [0.3, 0.4) is 0 Å². The molecule has 0 aromatic rings. The summed E-state index contributed by atoms with van der Waals surface area (Å²) in [4.78, 5) is 26.6. The lowest BCUT2D eigenvalue weighted by Gasteiger charge is -2.44. The molecule has 2 fully saturated rings. The summed E-state index contributed by atoms with van der Waals surface area (Å²) in [5.41, 5.74) is -0.768. The topological polar surface area (TPSA) is 58.6 Å². The fourth-order valence-corrected chi connectivity index (χ4v) is 3.28. The first-order valence-corrected chi connectivity index (χ1v) is 8.26. The minimum Gasteiger partial charge on any atom is -0.376 e. The molecule has 1 aliphatic heterocycles. The standard InChI is InChI=1S/C16H28N2O3/c1-4-13-14(19)17-16(3,5-2)15(20)18(13)10-11-21-12-8-6-7-9-12/h12-13H,4-11H2,1-3H3,(H,17,19). The lowest BCUT2D eigenvalue weighted by molar-refractivity contribution is -0.155. The normalized spacial score (nSPS) is 30.8. The maximum Gasteiger partial charge on any atom is 0.248 e. The molecule has 0 spiro atoms.